The highest BCUT2D eigenvalue weighted by Gasteiger charge is 2.30. The summed E-state index contributed by atoms with van der Waals surface area (Å²) in [7, 11) is 0. The van der Waals surface area contributed by atoms with E-state index in [4.69, 9.17) is 9.47 Å². The van der Waals surface area contributed by atoms with E-state index in [1.165, 1.54) is 16.1 Å². The second-order valence-corrected chi connectivity index (χ2v) is 6.12. The molecule has 1 saturated heterocycles. The number of carbonyl (C=O) groups excluding carboxylic acids is 2. The second-order valence-electron chi connectivity index (χ2n) is 6.12. The summed E-state index contributed by atoms with van der Waals surface area (Å²) < 4.78 is 10.6. The van der Waals surface area contributed by atoms with Gasteiger partial charge in [0.05, 0.1) is 6.21 Å². The number of nitrogens with zero attached hydrogens (tertiary/aromatic N) is 3. The number of rotatable bonds is 3. The van der Waals surface area contributed by atoms with Crippen LogP contribution in [0.5, 0.6) is 11.5 Å². The highest BCUT2D eigenvalue weighted by molar-refractivity contribution is 6.04. The lowest BCUT2D eigenvalue weighted by Crippen LogP contribution is -2.52. The third-order valence-corrected chi connectivity index (χ3v) is 4.26. The summed E-state index contributed by atoms with van der Waals surface area (Å²) >= 11 is 0. The van der Waals surface area contributed by atoms with Crippen LogP contribution < -0.4 is 14.4 Å². The number of piperazine rings is 1. The molecule has 1 fully saturated rings. The molecule has 0 saturated carbocycles. The molecular weight excluding hydrogens is 334 g/mol. The molecule has 0 spiro atoms. The molecule has 2 amide bonds. The number of fused-ring (bicyclic) bond motifs is 1. The maximum absolute atomic E-state index is 12.4. The molecule has 4 rings (SSSR count). The molecule has 0 atom stereocenters. The van der Waals surface area contributed by atoms with E-state index in [0.29, 0.717) is 17.2 Å². The largest absolute Gasteiger partial charge is 0.454 e. The van der Waals surface area contributed by atoms with E-state index in [1.54, 1.807) is 12.1 Å². The van der Waals surface area contributed by atoms with Gasteiger partial charge in [0.1, 0.15) is 13.1 Å². The monoisotopic (exact) mass is 351 g/mol. The van der Waals surface area contributed by atoms with Gasteiger partial charge in [-0.3, -0.25) is 9.59 Å². The van der Waals surface area contributed by atoms with Gasteiger partial charge in [0.2, 0.25) is 12.7 Å². The van der Waals surface area contributed by atoms with E-state index in [-0.39, 0.29) is 31.7 Å². The summed E-state index contributed by atoms with van der Waals surface area (Å²) in [5.74, 6) is 0.916. The van der Waals surface area contributed by atoms with Gasteiger partial charge >= 0.3 is 0 Å². The highest BCUT2D eigenvalue weighted by Crippen LogP contribution is 2.32. The van der Waals surface area contributed by atoms with Crippen LogP contribution in [0.15, 0.2) is 47.6 Å². The van der Waals surface area contributed by atoms with E-state index in [2.05, 4.69) is 5.10 Å². The Kier molecular flexibility index (Phi) is 4.04. The molecule has 2 aromatic carbocycles. The van der Waals surface area contributed by atoms with Crippen molar-refractivity contribution in [3.8, 4) is 11.5 Å². The first kappa shape index (κ1) is 16.1. The SMILES string of the molecule is Cc1ccc(N2CC(=O)N(/N=C\c3ccc4c(c3)OCO4)CC2=O)cc1. The maximum atomic E-state index is 12.4. The number of anilines is 1. The Balaban J connectivity index is 1.47. The van der Waals surface area contributed by atoms with Crippen LogP contribution in [0.2, 0.25) is 0 Å². The molecule has 132 valence electrons. The topological polar surface area (TPSA) is 71.4 Å². The summed E-state index contributed by atoms with van der Waals surface area (Å²) in [6.45, 7) is 2.05. The number of aryl methyl sites for hydroxylation is 1. The molecule has 26 heavy (non-hydrogen) atoms. The molecule has 0 unspecified atom stereocenters. The van der Waals surface area contributed by atoms with Crippen LogP contribution in [-0.2, 0) is 9.59 Å². The number of carbonyl (C=O) groups is 2. The first-order valence-electron chi connectivity index (χ1n) is 8.21. The van der Waals surface area contributed by atoms with E-state index in [9.17, 15) is 9.59 Å². The minimum atomic E-state index is -0.234. The van der Waals surface area contributed by atoms with Gasteiger partial charge in [0.25, 0.3) is 5.91 Å². The molecule has 0 aromatic heterocycles. The Morgan fingerprint density at radius 3 is 2.54 bits per heavy atom. The summed E-state index contributed by atoms with van der Waals surface area (Å²) in [6.07, 6.45) is 1.54. The van der Waals surface area contributed by atoms with Gasteiger partial charge in [-0.2, -0.15) is 5.10 Å². The molecule has 0 N–H and O–H groups in total. The fourth-order valence-electron chi connectivity index (χ4n) is 2.80. The minimum Gasteiger partial charge on any atom is -0.454 e. The van der Waals surface area contributed by atoms with Crippen LogP contribution in [0, 0.1) is 6.92 Å². The second kappa shape index (κ2) is 6.51. The number of hydrogen-bond donors (Lipinski definition) is 0. The Morgan fingerprint density at radius 2 is 1.73 bits per heavy atom. The van der Waals surface area contributed by atoms with Gasteiger partial charge in [0, 0.05) is 5.69 Å². The fourth-order valence-corrected chi connectivity index (χ4v) is 2.80. The number of ether oxygens (including phenoxy) is 2. The molecule has 7 nitrogen and oxygen atoms in total. The molecular formula is C19H17N3O4. The van der Waals surface area contributed by atoms with Gasteiger partial charge < -0.3 is 14.4 Å². The molecule has 2 heterocycles. The van der Waals surface area contributed by atoms with Crippen molar-refractivity contribution in [1.82, 2.24) is 5.01 Å². The van der Waals surface area contributed by atoms with Crippen LogP contribution in [0.25, 0.3) is 0 Å². The highest BCUT2D eigenvalue weighted by atomic mass is 16.7. The third-order valence-electron chi connectivity index (χ3n) is 4.26. The van der Waals surface area contributed by atoms with Crippen molar-refractivity contribution < 1.29 is 19.1 Å². The van der Waals surface area contributed by atoms with Gasteiger partial charge in [-0.05, 0) is 42.8 Å². The summed E-state index contributed by atoms with van der Waals surface area (Å²) in [4.78, 5) is 26.3. The maximum Gasteiger partial charge on any atom is 0.263 e. The van der Waals surface area contributed by atoms with E-state index in [1.807, 2.05) is 37.3 Å². The Labute approximate surface area is 150 Å². The van der Waals surface area contributed by atoms with Crippen molar-refractivity contribution in [2.75, 3.05) is 24.8 Å². The molecule has 2 aliphatic heterocycles. The van der Waals surface area contributed by atoms with Crippen molar-refractivity contribution in [3.05, 3.63) is 53.6 Å². The van der Waals surface area contributed by atoms with Gasteiger partial charge in [-0.25, -0.2) is 5.01 Å². The van der Waals surface area contributed by atoms with Gasteiger partial charge in [0.15, 0.2) is 11.5 Å². The lowest BCUT2D eigenvalue weighted by molar-refractivity contribution is -0.138. The molecule has 0 bridgehead atoms. The molecule has 0 radical (unpaired) electrons. The predicted octanol–water partition coefficient (Wildman–Crippen LogP) is 1.93. The van der Waals surface area contributed by atoms with Crippen molar-refractivity contribution in [1.29, 1.82) is 0 Å². The summed E-state index contributed by atoms with van der Waals surface area (Å²) in [6, 6.07) is 12.9. The lowest BCUT2D eigenvalue weighted by atomic mass is 10.2. The van der Waals surface area contributed by atoms with Crippen molar-refractivity contribution in [3.63, 3.8) is 0 Å². The van der Waals surface area contributed by atoms with Crippen molar-refractivity contribution in [2.45, 2.75) is 6.92 Å². The molecule has 2 aromatic rings. The normalized spacial score (nSPS) is 16.7. The number of hydrogen-bond acceptors (Lipinski definition) is 5. The third kappa shape index (κ3) is 3.11. The van der Waals surface area contributed by atoms with Crippen LogP contribution in [0.1, 0.15) is 11.1 Å². The molecule has 0 aliphatic carbocycles. The Morgan fingerprint density at radius 1 is 0.962 bits per heavy atom. The average molecular weight is 351 g/mol. The van der Waals surface area contributed by atoms with Gasteiger partial charge in [-0.15, -0.1) is 0 Å². The predicted molar refractivity (Wildman–Crippen MR) is 95.4 cm³/mol. The smallest absolute Gasteiger partial charge is 0.263 e. The zero-order valence-corrected chi connectivity index (χ0v) is 14.2. The van der Waals surface area contributed by atoms with Gasteiger partial charge in [-0.1, -0.05) is 17.7 Å². The van der Waals surface area contributed by atoms with Crippen LogP contribution in [0.4, 0.5) is 5.69 Å². The fraction of sp³-hybridized carbons (Fsp3) is 0.211. The van der Waals surface area contributed by atoms with Crippen LogP contribution in [0.3, 0.4) is 0 Å². The van der Waals surface area contributed by atoms with E-state index in [0.717, 1.165) is 11.1 Å². The zero-order chi connectivity index (χ0) is 18.1. The van der Waals surface area contributed by atoms with Crippen LogP contribution in [-0.4, -0.2) is 42.9 Å². The Bertz CT molecular complexity index is 892. The van der Waals surface area contributed by atoms with Crippen LogP contribution >= 0.6 is 0 Å². The van der Waals surface area contributed by atoms with Crippen molar-refractivity contribution >= 4 is 23.7 Å². The van der Waals surface area contributed by atoms with Crippen molar-refractivity contribution in [2.24, 2.45) is 5.10 Å². The van der Waals surface area contributed by atoms with E-state index >= 15 is 0 Å². The molecule has 7 heteroatoms. The average Bonchev–Trinajstić information content (AvgIpc) is 3.11. The molecule has 2 aliphatic rings. The summed E-state index contributed by atoms with van der Waals surface area (Å²) in [5, 5.41) is 5.36. The Hall–Kier alpha value is -3.35. The number of amides is 2. The number of hydrazone groups is 1. The first-order valence-corrected chi connectivity index (χ1v) is 8.21. The standard InChI is InChI=1S/C19H17N3O4/c1-13-2-5-15(6-3-13)21-10-19(24)22(11-18(21)23)20-9-14-4-7-16-17(8-14)26-12-25-16/h2-9H,10-12H2,1H3/b20-9-. The zero-order valence-electron chi connectivity index (χ0n) is 14.2. The lowest BCUT2D eigenvalue weighted by Gasteiger charge is -2.31. The minimum absolute atomic E-state index is 0.0274. The summed E-state index contributed by atoms with van der Waals surface area (Å²) in [5.41, 5.74) is 2.57. The number of benzene rings is 2. The van der Waals surface area contributed by atoms with E-state index < -0.39 is 0 Å². The quantitative estimate of drug-likeness (QED) is 0.792. The first-order chi connectivity index (χ1) is 12.6.